The van der Waals surface area contributed by atoms with Crippen molar-refractivity contribution < 1.29 is 9.90 Å². The van der Waals surface area contributed by atoms with Gasteiger partial charge < -0.3 is 19.9 Å². The molecular weight excluding hydrogens is 354 g/mol. The van der Waals surface area contributed by atoms with Gasteiger partial charge in [0.1, 0.15) is 5.52 Å². The van der Waals surface area contributed by atoms with E-state index in [4.69, 9.17) is 0 Å². The maximum atomic E-state index is 13.0. The van der Waals surface area contributed by atoms with Crippen LogP contribution in [0.5, 0.6) is 0 Å². The summed E-state index contributed by atoms with van der Waals surface area (Å²) in [6.45, 7) is 3.67. The summed E-state index contributed by atoms with van der Waals surface area (Å²) >= 11 is 0. The van der Waals surface area contributed by atoms with Crippen molar-refractivity contribution in [3.8, 4) is 0 Å². The standard InChI is InChI=1S/C21H23N5O2/c27-13-21-11-22-8-17(21)10-25(12-21)20(28)16-6-18-19(23-7-16)26(14-24-18)9-15-4-2-1-3-5-15/h1-7,14,17,22,27H,8-13H2/t17-,21+/m0/s1. The number of hydrogen-bond donors (Lipinski definition) is 2. The molecule has 144 valence electrons. The first-order chi connectivity index (χ1) is 13.7. The van der Waals surface area contributed by atoms with Crippen LogP contribution >= 0.6 is 0 Å². The maximum Gasteiger partial charge on any atom is 0.255 e. The van der Waals surface area contributed by atoms with E-state index in [1.54, 1.807) is 12.5 Å². The van der Waals surface area contributed by atoms with Crippen molar-refractivity contribution in [2.75, 3.05) is 32.8 Å². The highest BCUT2D eigenvalue weighted by Crippen LogP contribution is 2.39. The number of amides is 1. The number of aliphatic hydroxyl groups is 1. The van der Waals surface area contributed by atoms with E-state index in [0.717, 1.165) is 24.3 Å². The van der Waals surface area contributed by atoms with Crippen LogP contribution in [0.3, 0.4) is 0 Å². The molecule has 2 fully saturated rings. The molecule has 1 amide bonds. The van der Waals surface area contributed by atoms with E-state index in [0.29, 0.717) is 31.1 Å². The molecule has 1 aromatic carbocycles. The molecule has 0 aliphatic carbocycles. The fourth-order valence-corrected chi connectivity index (χ4v) is 4.54. The second-order valence-electron chi connectivity index (χ2n) is 7.96. The van der Waals surface area contributed by atoms with Crippen LogP contribution in [0.15, 0.2) is 48.9 Å². The molecule has 2 N–H and O–H groups in total. The van der Waals surface area contributed by atoms with Gasteiger partial charge in [-0.2, -0.15) is 0 Å². The molecule has 0 unspecified atom stereocenters. The van der Waals surface area contributed by atoms with Gasteiger partial charge in [0.25, 0.3) is 5.91 Å². The number of pyridine rings is 1. The first-order valence-electron chi connectivity index (χ1n) is 9.64. The number of aromatic nitrogens is 3. The Bertz CT molecular complexity index is 1020. The highest BCUT2D eigenvalue weighted by molar-refractivity contribution is 5.96. The predicted molar refractivity (Wildman–Crippen MR) is 105 cm³/mol. The minimum Gasteiger partial charge on any atom is -0.396 e. The average molecular weight is 377 g/mol. The molecule has 3 aromatic rings. The zero-order chi connectivity index (χ0) is 19.1. The molecule has 2 aliphatic rings. The molecule has 2 atom stereocenters. The molecular formula is C21H23N5O2. The van der Waals surface area contributed by atoms with Crippen LogP contribution in [-0.2, 0) is 6.54 Å². The fourth-order valence-electron chi connectivity index (χ4n) is 4.54. The summed E-state index contributed by atoms with van der Waals surface area (Å²) in [4.78, 5) is 23.9. The van der Waals surface area contributed by atoms with Gasteiger partial charge >= 0.3 is 0 Å². The van der Waals surface area contributed by atoms with Gasteiger partial charge in [0, 0.05) is 37.8 Å². The first-order valence-corrected chi connectivity index (χ1v) is 9.64. The maximum absolute atomic E-state index is 13.0. The number of nitrogens with zero attached hydrogens (tertiary/aromatic N) is 4. The van der Waals surface area contributed by atoms with Gasteiger partial charge in [-0.05, 0) is 17.5 Å². The first kappa shape index (κ1) is 17.3. The van der Waals surface area contributed by atoms with Crippen LogP contribution in [0.1, 0.15) is 15.9 Å². The fraction of sp³-hybridized carbons (Fsp3) is 0.381. The number of rotatable bonds is 4. The summed E-state index contributed by atoms with van der Waals surface area (Å²) in [6, 6.07) is 12.0. The topological polar surface area (TPSA) is 83.3 Å². The lowest BCUT2D eigenvalue weighted by Gasteiger charge is -2.25. The number of nitrogens with one attached hydrogen (secondary N) is 1. The van der Waals surface area contributed by atoms with Crippen LogP contribution in [0.4, 0.5) is 0 Å². The van der Waals surface area contributed by atoms with E-state index < -0.39 is 0 Å². The van der Waals surface area contributed by atoms with Crippen LogP contribution in [0.2, 0.25) is 0 Å². The van der Waals surface area contributed by atoms with Gasteiger partial charge in [-0.15, -0.1) is 0 Å². The van der Waals surface area contributed by atoms with Crippen molar-refractivity contribution in [2.24, 2.45) is 11.3 Å². The lowest BCUT2D eigenvalue weighted by molar-refractivity contribution is 0.0745. The quantitative estimate of drug-likeness (QED) is 0.712. The molecule has 28 heavy (non-hydrogen) atoms. The third-order valence-corrected chi connectivity index (χ3v) is 6.18. The van der Waals surface area contributed by atoms with Crippen molar-refractivity contribution in [2.45, 2.75) is 6.54 Å². The molecule has 2 aliphatic heterocycles. The Morgan fingerprint density at radius 1 is 1.29 bits per heavy atom. The number of imidazole rings is 1. The number of carbonyl (C=O) groups excluding carboxylic acids is 1. The molecule has 2 aromatic heterocycles. The number of benzene rings is 1. The van der Waals surface area contributed by atoms with Crippen molar-refractivity contribution in [1.82, 2.24) is 24.8 Å². The van der Waals surface area contributed by atoms with Gasteiger partial charge in [-0.1, -0.05) is 30.3 Å². The summed E-state index contributed by atoms with van der Waals surface area (Å²) in [6.07, 6.45) is 3.41. The Morgan fingerprint density at radius 3 is 2.93 bits per heavy atom. The molecule has 0 bridgehead atoms. The van der Waals surface area contributed by atoms with Crippen LogP contribution in [-0.4, -0.2) is 63.2 Å². The smallest absolute Gasteiger partial charge is 0.255 e. The van der Waals surface area contributed by atoms with Gasteiger partial charge in [0.05, 0.1) is 25.0 Å². The average Bonchev–Trinajstić information content (AvgIpc) is 3.40. The van der Waals surface area contributed by atoms with Crippen molar-refractivity contribution in [3.05, 3.63) is 60.0 Å². The van der Waals surface area contributed by atoms with E-state index in [-0.39, 0.29) is 17.9 Å². The Morgan fingerprint density at radius 2 is 2.14 bits per heavy atom. The van der Waals surface area contributed by atoms with E-state index in [9.17, 15) is 9.90 Å². The molecule has 2 saturated heterocycles. The highest BCUT2D eigenvalue weighted by atomic mass is 16.3. The Hall–Kier alpha value is -2.77. The van der Waals surface area contributed by atoms with E-state index in [2.05, 4.69) is 27.4 Å². The second-order valence-corrected chi connectivity index (χ2v) is 7.96. The number of carbonyl (C=O) groups is 1. The van der Waals surface area contributed by atoms with Crippen molar-refractivity contribution in [3.63, 3.8) is 0 Å². The third-order valence-electron chi connectivity index (χ3n) is 6.18. The van der Waals surface area contributed by atoms with Gasteiger partial charge in [0.2, 0.25) is 0 Å². The lowest BCUT2D eigenvalue weighted by atomic mass is 9.82. The number of fused-ring (bicyclic) bond motifs is 2. The largest absolute Gasteiger partial charge is 0.396 e. The summed E-state index contributed by atoms with van der Waals surface area (Å²) in [5.74, 6) is 0.275. The van der Waals surface area contributed by atoms with Gasteiger partial charge in [-0.25, -0.2) is 9.97 Å². The number of aliphatic hydroxyl groups excluding tert-OH is 1. The van der Waals surface area contributed by atoms with Gasteiger partial charge in [0.15, 0.2) is 5.65 Å². The molecule has 7 nitrogen and oxygen atoms in total. The lowest BCUT2D eigenvalue weighted by Crippen LogP contribution is -2.37. The van der Waals surface area contributed by atoms with E-state index >= 15 is 0 Å². The van der Waals surface area contributed by atoms with Crippen LogP contribution < -0.4 is 5.32 Å². The van der Waals surface area contributed by atoms with E-state index in [1.165, 1.54) is 5.56 Å². The zero-order valence-corrected chi connectivity index (χ0v) is 15.6. The minimum atomic E-state index is -0.204. The molecule has 5 rings (SSSR count). The Labute approximate surface area is 163 Å². The summed E-state index contributed by atoms with van der Waals surface area (Å²) in [7, 11) is 0. The third kappa shape index (κ3) is 2.78. The monoisotopic (exact) mass is 377 g/mol. The normalized spacial score (nSPS) is 24.0. The van der Waals surface area contributed by atoms with Gasteiger partial charge in [-0.3, -0.25) is 4.79 Å². The molecule has 0 spiro atoms. The number of hydrogen-bond acceptors (Lipinski definition) is 5. The molecule has 7 heteroatoms. The minimum absolute atomic E-state index is 0.0331. The van der Waals surface area contributed by atoms with E-state index in [1.807, 2.05) is 33.7 Å². The van der Waals surface area contributed by atoms with Crippen molar-refractivity contribution in [1.29, 1.82) is 0 Å². The Balaban J connectivity index is 1.38. The number of likely N-dealkylation sites (tertiary alicyclic amines) is 1. The molecule has 4 heterocycles. The Kier molecular flexibility index (Phi) is 4.14. The SMILES string of the molecule is O=C(c1cnc2c(c1)ncn2Cc1ccccc1)N1C[C@@H]2CNC[C@]2(CO)C1. The summed E-state index contributed by atoms with van der Waals surface area (Å²) < 4.78 is 1.99. The summed E-state index contributed by atoms with van der Waals surface area (Å²) in [5.41, 5.74) is 3.02. The second kappa shape index (κ2) is 6.68. The van der Waals surface area contributed by atoms with Crippen molar-refractivity contribution >= 4 is 17.1 Å². The molecule has 0 saturated carbocycles. The predicted octanol–water partition coefficient (Wildman–Crippen LogP) is 1.13. The summed E-state index contributed by atoms with van der Waals surface area (Å²) in [5, 5.41) is 13.2. The zero-order valence-electron chi connectivity index (χ0n) is 15.6. The van der Waals surface area contributed by atoms with Crippen LogP contribution in [0.25, 0.3) is 11.2 Å². The van der Waals surface area contributed by atoms with Crippen LogP contribution in [0, 0.1) is 11.3 Å². The molecule has 0 radical (unpaired) electrons. The highest BCUT2D eigenvalue weighted by Gasteiger charge is 2.50.